The van der Waals surface area contributed by atoms with Crippen molar-refractivity contribution >= 4 is 0 Å². The molecule has 0 spiro atoms. The van der Waals surface area contributed by atoms with Gasteiger partial charge in [0.1, 0.15) is 0 Å². The molecule has 0 aromatic heterocycles. The normalized spacial score (nSPS) is 15.8. The van der Waals surface area contributed by atoms with Crippen LogP contribution >= 0.6 is 0 Å². The molecule has 92 valence electrons. The van der Waals surface area contributed by atoms with Crippen molar-refractivity contribution in [3.63, 3.8) is 0 Å². The van der Waals surface area contributed by atoms with Gasteiger partial charge in [0.15, 0.2) is 0 Å². The van der Waals surface area contributed by atoms with E-state index in [-0.39, 0.29) is 46.5 Å². The van der Waals surface area contributed by atoms with E-state index in [2.05, 4.69) is 52.0 Å². The van der Waals surface area contributed by atoms with Gasteiger partial charge in [-0.3, -0.25) is 12.2 Å². The largest absolute Gasteiger partial charge is 4.00 e. The van der Waals surface area contributed by atoms with Crippen molar-refractivity contribution in [2.24, 2.45) is 0 Å². The molecule has 0 atom stereocenters. The maximum atomic E-state index is 3.19. The van der Waals surface area contributed by atoms with Gasteiger partial charge in [-0.05, 0) is 0 Å². The summed E-state index contributed by atoms with van der Waals surface area (Å²) in [5.41, 5.74) is 5.44. The number of allylic oxidation sites excluding steroid dienone is 8. The molecule has 0 nitrogen and oxygen atoms in total. The van der Waals surface area contributed by atoms with Crippen LogP contribution in [0.1, 0.15) is 40.5 Å². The van der Waals surface area contributed by atoms with Crippen LogP contribution in [0.4, 0.5) is 0 Å². The second kappa shape index (κ2) is 11.4. The average Bonchev–Trinajstić information content (AvgIpc) is 2.63. The van der Waals surface area contributed by atoms with E-state index in [0.717, 1.165) is 12.8 Å². The summed E-state index contributed by atoms with van der Waals surface area (Å²) in [5, 5.41) is 0. The number of hydrogen-bond donors (Lipinski definition) is 0. The Bertz CT molecular complexity index is 302. The predicted octanol–water partition coefficient (Wildman–Crippen LogP) is -1.82. The van der Waals surface area contributed by atoms with E-state index in [4.69, 9.17) is 0 Å². The molecule has 17 heavy (non-hydrogen) atoms. The minimum absolute atomic E-state index is 0. The van der Waals surface area contributed by atoms with E-state index in [1.807, 2.05) is 0 Å². The molecule has 0 heterocycles. The van der Waals surface area contributed by atoms with Crippen molar-refractivity contribution in [2.45, 2.75) is 40.5 Å². The number of hydrogen-bond acceptors (Lipinski definition) is 0. The first-order valence-corrected chi connectivity index (χ1v) is 5.07. The first kappa shape index (κ1) is 22.4. The summed E-state index contributed by atoms with van der Waals surface area (Å²) in [6, 6.07) is 0. The Hall–Kier alpha value is 0.254. The van der Waals surface area contributed by atoms with Crippen LogP contribution in [-0.4, -0.2) is 0 Å². The topological polar surface area (TPSA) is 0 Å². The Morgan fingerprint density at radius 3 is 1.12 bits per heavy atom. The van der Waals surface area contributed by atoms with Gasteiger partial charge >= 0.3 is 21.7 Å². The van der Waals surface area contributed by atoms with E-state index < -0.39 is 0 Å². The molecule has 0 bridgehead atoms. The Labute approximate surface area is 133 Å². The van der Waals surface area contributed by atoms with Gasteiger partial charge in [0.25, 0.3) is 0 Å². The van der Waals surface area contributed by atoms with Gasteiger partial charge in [-0.1, -0.05) is 27.7 Å². The van der Waals surface area contributed by atoms with Crippen LogP contribution in [0, 0.1) is 12.2 Å². The molecule has 2 aliphatic carbocycles. The van der Waals surface area contributed by atoms with Gasteiger partial charge in [0.05, 0.1) is 0 Å². The van der Waals surface area contributed by atoms with E-state index >= 15 is 0 Å². The fourth-order valence-electron chi connectivity index (χ4n) is 1.50. The summed E-state index contributed by atoms with van der Waals surface area (Å²) in [7, 11) is 0. The molecule has 0 aliphatic heterocycles. The summed E-state index contributed by atoms with van der Waals surface area (Å²) >= 11 is 0. The molecular weight excluding hydrogens is 287 g/mol. The SMILES string of the molecule is CC1=[C-]CC(C)=C1.CC1=[C-]CC(C)=C1.[Cl-].[Cl-].[Ti+4]. The summed E-state index contributed by atoms with van der Waals surface area (Å²) in [6.07, 6.45) is 12.8. The maximum Gasteiger partial charge on any atom is 4.00 e. The molecule has 0 N–H and O–H groups in total. The second-order valence-electron chi connectivity index (χ2n) is 4.05. The standard InChI is InChI=1S/2C7H9.2ClH.Ti/c2*1-6-3-4-7(2)5-6;;;/h2*5H,3H2,1-2H3;2*1H;/q2*-1;;;+4/p-2. The van der Waals surface area contributed by atoms with Gasteiger partial charge in [0, 0.05) is 0 Å². The third-order valence-corrected chi connectivity index (χ3v) is 2.22. The molecule has 0 amide bonds. The number of halogens is 2. The van der Waals surface area contributed by atoms with E-state index in [9.17, 15) is 0 Å². The van der Waals surface area contributed by atoms with Gasteiger partial charge < -0.3 is 24.8 Å². The second-order valence-corrected chi connectivity index (χ2v) is 4.05. The van der Waals surface area contributed by atoms with Crippen LogP contribution in [0.25, 0.3) is 0 Å². The molecule has 2 rings (SSSR count). The van der Waals surface area contributed by atoms with Crippen molar-refractivity contribution in [1.82, 2.24) is 0 Å². The first-order chi connectivity index (χ1) is 6.58. The monoisotopic (exact) mass is 304 g/mol. The Morgan fingerprint density at radius 2 is 1.06 bits per heavy atom. The Balaban J connectivity index is -0.000000196. The van der Waals surface area contributed by atoms with Crippen LogP contribution in [0.5, 0.6) is 0 Å². The van der Waals surface area contributed by atoms with E-state index in [1.165, 1.54) is 22.3 Å². The van der Waals surface area contributed by atoms with Crippen molar-refractivity contribution in [2.75, 3.05) is 0 Å². The van der Waals surface area contributed by atoms with Crippen LogP contribution < -0.4 is 24.8 Å². The maximum absolute atomic E-state index is 3.19. The van der Waals surface area contributed by atoms with E-state index in [1.54, 1.807) is 0 Å². The third-order valence-electron chi connectivity index (χ3n) is 2.22. The molecule has 0 radical (unpaired) electrons. The van der Waals surface area contributed by atoms with Gasteiger partial charge in [-0.25, -0.2) is 23.3 Å². The van der Waals surface area contributed by atoms with Crippen molar-refractivity contribution < 1.29 is 46.5 Å². The molecule has 2 aliphatic rings. The van der Waals surface area contributed by atoms with Crippen LogP contribution in [0.2, 0.25) is 0 Å². The molecule has 0 unspecified atom stereocenters. The Kier molecular flexibility index (Phi) is 15.0. The fourth-order valence-corrected chi connectivity index (χ4v) is 1.50. The zero-order valence-electron chi connectivity index (χ0n) is 10.8. The molecule has 3 heteroatoms. The summed E-state index contributed by atoms with van der Waals surface area (Å²) in [5.74, 6) is 0. The van der Waals surface area contributed by atoms with Gasteiger partial charge in [-0.2, -0.15) is 11.1 Å². The van der Waals surface area contributed by atoms with Crippen molar-refractivity contribution in [3.05, 3.63) is 46.6 Å². The molecule has 0 aromatic carbocycles. The quantitative estimate of drug-likeness (QED) is 0.365. The molecule has 0 saturated carbocycles. The van der Waals surface area contributed by atoms with Crippen LogP contribution in [0.3, 0.4) is 0 Å². The number of rotatable bonds is 0. The minimum atomic E-state index is 0. The predicted molar refractivity (Wildman–Crippen MR) is 61.6 cm³/mol. The van der Waals surface area contributed by atoms with Crippen LogP contribution in [0.15, 0.2) is 34.4 Å². The van der Waals surface area contributed by atoms with Crippen molar-refractivity contribution in [3.8, 4) is 0 Å². The zero-order chi connectivity index (χ0) is 10.6. The Morgan fingerprint density at radius 1 is 0.765 bits per heavy atom. The van der Waals surface area contributed by atoms with Crippen molar-refractivity contribution in [1.29, 1.82) is 0 Å². The van der Waals surface area contributed by atoms with Crippen LogP contribution in [-0.2, 0) is 21.7 Å². The molecule has 0 saturated heterocycles. The summed E-state index contributed by atoms with van der Waals surface area (Å²) in [4.78, 5) is 0. The first-order valence-electron chi connectivity index (χ1n) is 5.07. The fraction of sp³-hybridized carbons (Fsp3) is 0.429. The van der Waals surface area contributed by atoms with E-state index in [0.29, 0.717) is 0 Å². The summed E-state index contributed by atoms with van der Waals surface area (Å²) in [6.45, 7) is 8.42. The smallest absolute Gasteiger partial charge is 1.00 e. The van der Waals surface area contributed by atoms with Gasteiger partial charge in [0.2, 0.25) is 0 Å². The average molecular weight is 305 g/mol. The minimum Gasteiger partial charge on any atom is -1.00 e. The molecule has 0 fully saturated rings. The third kappa shape index (κ3) is 9.91. The molecule has 0 aromatic rings. The van der Waals surface area contributed by atoms with Gasteiger partial charge in [-0.15, -0.1) is 12.8 Å². The molecular formula is C14H18Cl2Ti. The zero-order valence-corrected chi connectivity index (χ0v) is 13.9. The summed E-state index contributed by atoms with van der Waals surface area (Å²) < 4.78 is 0.